The molecule has 1 aromatic heterocycles. The van der Waals surface area contributed by atoms with Crippen LogP contribution in [0.5, 0.6) is 0 Å². The van der Waals surface area contributed by atoms with Crippen LogP contribution in [0.4, 0.5) is 0 Å². The second-order valence-electron chi connectivity index (χ2n) is 7.04. The first-order valence-electron chi connectivity index (χ1n) is 9.57. The van der Waals surface area contributed by atoms with Gasteiger partial charge in [-0.05, 0) is 50.9 Å². The minimum atomic E-state index is -0.00831. The first-order chi connectivity index (χ1) is 12.7. The van der Waals surface area contributed by atoms with Gasteiger partial charge in [-0.15, -0.1) is 11.3 Å². The van der Waals surface area contributed by atoms with Gasteiger partial charge < -0.3 is 19.9 Å². The largest absolute Gasteiger partial charge is 0.375 e. The molecule has 144 valence electrons. The average molecular weight is 380 g/mol. The summed E-state index contributed by atoms with van der Waals surface area (Å²) in [5.41, 5.74) is 0. The maximum Gasteiger partial charge on any atom is 0.261 e. The molecular formula is C19H29N3O3S. The van der Waals surface area contributed by atoms with Gasteiger partial charge in [-0.2, -0.15) is 0 Å². The Morgan fingerprint density at radius 3 is 2.77 bits per heavy atom. The van der Waals surface area contributed by atoms with Crippen molar-refractivity contribution in [2.75, 3.05) is 46.4 Å². The van der Waals surface area contributed by atoms with Crippen LogP contribution in [0.25, 0.3) is 0 Å². The lowest BCUT2D eigenvalue weighted by atomic mass is 10.1. The standard InChI is InChI=1S/C19H29N3O3S/c1-25-14-18(23)22-12-5-6-15(22)16-7-8-17(26-16)19(24)20-9-13-21-10-3-2-4-11-21/h7-8,15H,2-6,9-14H2,1H3,(H,20,24)/t15-/m1/s1. The number of likely N-dealkylation sites (tertiary alicyclic amines) is 2. The number of carbonyl (C=O) groups excluding carboxylic acids is 2. The lowest BCUT2D eigenvalue weighted by Gasteiger charge is -2.26. The Kier molecular flexibility index (Phi) is 7.05. The summed E-state index contributed by atoms with van der Waals surface area (Å²) in [5.74, 6) is 0.0157. The van der Waals surface area contributed by atoms with Gasteiger partial charge in [-0.3, -0.25) is 9.59 Å². The topological polar surface area (TPSA) is 61.9 Å². The van der Waals surface area contributed by atoms with Gasteiger partial charge >= 0.3 is 0 Å². The fourth-order valence-corrected chi connectivity index (χ4v) is 4.89. The van der Waals surface area contributed by atoms with Crippen LogP contribution in [0, 0.1) is 0 Å². The van der Waals surface area contributed by atoms with E-state index < -0.39 is 0 Å². The van der Waals surface area contributed by atoms with Gasteiger partial charge in [-0.1, -0.05) is 6.42 Å². The highest BCUT2D eigenvalue weighted by Gasteiger charge is 2.31. The van der Waals surface area contributed by atoms with E-state index in [0.29, 0.717) is 6.54 Å². The lowest BCUT2D eigenvalue weighted by molar-refractivity contribution is -0.136. The van der Waals surface area contributed by atoms with Crippen LogP contribution < -0.4 is 5.32 Å². The van der Waals surface area contributed by atoms with Gasteiger partial charge in [0.05, 0.1) is 10.9 Å². The molecule has 1 atom stereocenters. The summed E-state index contributed by atoms with van der Waals surface area (Å²) in [6, 6.07) is 3.96. The van der Waals surface area contributed by atoms with Crippen molar-refractivity contribution in [3.05, 3.63) is 21.9 Å². The van der Waals surface area contributed by atoms with Crippen LogP contribution in [0.1, 0.15) is 52.7 Å². The zero-order valence-electron chi connectivity index (χ0n) is 15.5. The number of thiophene rings is 1. The van der Waals surface area contributed by atoms with E-state index >= 15 is 0 Å². The first kappa shape index (κ1) is 19.3. The van der Waals surface area contributed by atoms with E-state index in [4.69, 9.17) is 4.74 Å². The number of hydrogen-bond donors (Lipinski definition) is 1. The maximum atomic E-state index is 12.4. The Morgan fingerprint density at radius 1 is 1.19 bits per heavy atom. The quantitative estimate of drug-likeness (QED) is 0.789. The molecule has 0 bridgehead atoms. The van der Waals surface area contributed by atoms with Crippen molar-refractivity contribution in [2.24, 2.45) is 0 Å². The van der Waals surface area contributed by atoms with Gasteiger partial charge in [0.15, 0.2) is 0 Å². The number of methoxy groups -OCH3 is 1. The molecule has 0 radical (unpaired) electrons. The monoisotopic (exact) mass is 379 g/mol. The third-order valence-corrected chi connectivity index (χ3v) is 6.37. The van der Waals surface area contributed by atoms with Crippen molar-refractivity contribution in [3.63, 3.8) is 0 Å². The number of piperidine rings is 1. The Labute approximate surface area is 159 Å². The molecule has 2 saturated heterocycles. The molecule has 7 heteroatoms. The van der Waals surface area contributed by atoms with Crippen molar-refractivity contribution in [3.8, 4) is 0 Å². The summed E-state index contributed by atoms with van der Waals surface area (Å²) in [6.07, 6.45) is 5.80. The Bertz CT molecular complexity index is 613. The Balaban J connectivity index is 1.51. The van der Waals surface area contributed by atoms with E-state index in [9.17, 15) is 9.59 Å². The fourth-order valence-electron chi connectivity index (χ4n) is 3.82. The number of rotatable bonds is 7. The zero-order chi connectivity index (χ0) is 18.4. The van der Waals surface area contributed by atoms with Crippen LogP contribution >= 0.6 is 11.3 Å². The van der Waals surface area contributed by atoms with E-state index in [0.717, 1.165) is 48.8 Å². The third kappa shape index (κ3) is 4.84. The zero-order valence-corrected chi connectivity index (χ0v) is 16.4. The van der Waals surface area contributed by atoms with Crippen LogP contribution in [0.2, 0.25) is 0 Å². The van der Waals surface area contributed by atoms with Crippen LogP contribution in [0.3, 0.4) is 0 Å². The molecule has 6 nitrogen and oxygen atoms in total. The molecular weight excluding hydrogens is 350 g/mol. The molecule has 0 unspecified atom stereocenters. The second-order valence-corrected chi connectivity index (χ2v) is 8.15. The second kappa shape index (κ2) is 9.48. The highest BCUT2D eigenvalue weighted by molar-refractivity contribution is 7.14. The summed E-state index contributed by atoms with van der Waals surface area (Å²) in [4.78, 5) is 30.7. The Hall–Kier alpha value is -1.44. The number of hydrogen-bond acceptors (Lipinski definition) is 5. The third-order valence-electron chi connectivity index (χ3n) is 5.18. The number of nitrogens with one attached hydrogen (secondary N) is 1. The molecule has 3 heterocycles. The normalized spacial score (nSPS) is 21.1. The molecule has 3 rings (SSSR count). The predicted molar refractivity (Wildman–Crippen MR) is 103 cm³/mol. The van der Waals surface area contributed by atoms with E-state index in [-0.39, 0.29) is 24.5 Å². The van der Waals surface area contributed by atoms with Crippen LogP contribution in [0.15, 0.2) is 12.1 Å². The van der Waals surface area contributed by atoms with Crippen molar-refractivity contribution in [2.45, 2.75) is 38.1 Å². The molecule has 2 amide bonds. The molecule has 2 aliphatic rings. The SMILES string of the molecule is COCC(=O)N1CCC[C@@H]1c1ccc(C(=O)NCCN2CCCCC2)s1. The minimum Gasteiger partial charge on any atom is -0.375 e. The van der Waals surface area contributed by atoms with E-state index in [2.05, 4.69) is 10.2 Å². The van der Waals surface area contributed by atoms with Gasteiger partial charge in [0.1, 0.15) is 6.61 Å². The molecule has 0 aromatic carbocycles. The molecule has 0 spiro atoms. The average Bonchev–Trinajstić information content (AvgIpc) is 3.32. The van der Waals surface area contributed by atoms with Crippen molar-refractivity contribution in [1.82, 2.24) is 15.1 Å². The van der Waals surface area contributed by atoms with Crippen LogP contribution in [-0.2, 0) is 9.53 Å². The summed E-state index contributed by atoms with van der Waals surface area (Å²) >= 11 is 1.50. The number of ether oxygens (including phenoxy) is 1. The molecule has 1 aromatic rings. The molecule has 0 saturated carbocycles. The number of nitrogens with zero attached hydrogens (tertiary/aromatic N) is 2. The molecule has 2 aliphatic heterocycles. The van der Waals surface area contributed by atoms with Crippen molar-refractivity contribution >= 4 is 23.2 Å². The van der Waals surface area contributed by atoms with Crippen molar-refractivity contribution < 1.29 is 14.3 Å². The van der Waals surface area contributed by atoms with Gasteiger partial charge in [0.2, 0.25) is 5.91 Å². The molecule has 2 fully saturated rings. The minimum absolute atomic E-state index is 0.00831. The van der Waals surface area contributed by atoms with Gasteiger partial charge in [0.25, 0.3) is 5.91 Å². The highest BCUT2D eigenvalue weighted by Crippen LogP contribution is 2.36. The lowest BCUT2D eigenvalue weighted by Crippen LogP contribution is -2.37. The number of amides is 2. The van der Waals surface area contributed by atoms with E-state index in [1.807, 2.05) is 17.0 Å². The summed E-state index contributed by atoms with van der Waals surface area (Å²) < 4.78 is 4.98. The van der Waals surface area contributed by atoms with E-state index in [1.165, 1.54) is 30.6 Å². The van der Waals surface area contributed by atoms with Crippen LogP contribution in [-0.4, -0.2) is 68.1 Å². The van der Waals surface area contributed by atoms with Gasteiger partial charge in [-0.25, -0.2) is 0 Å². The molecule has 1 N–H and O–H groups in total. The summed E-state index contributed by atoms with van der Waals surface area (Å²) in [7, 11) is 1.54. The Morgan fingerprint density at radius 2 is 2.00 bits per heavy atom. The molecule has 26 heavy (non-hydrogen) atoms. The maximum absolute atomic E-state index is 12.4. The molecule has 0 aliphatic carbocycles. The van der Waals surface area contributed by atoms with E-state index in [1.54, 1.807) is 7.11 Å². The smallest absolute Gasteiger partial charge is 0.261 e. The summed E-state index contributed by atoms with van der Waals surface area (Å²) in [6.45, 7) is 4.78. The first-order valence-corrected chi connectivity index (χ1v) is 10.4. The number of carbonyl (C=O) groups is 2. The van der Waals surface area contributed by atoms with Crippen molar-refractivity contribution in [1.29, 1.82) is 0 Å². The predicted octanol–water partition coefficient (Wildman–Crippen LogP) is 2.27. The summed E-state index contributed by atoms with van der Waals surface area (Å²) in [5, 5.41) is 3.03. The highest BCUT2D eigenvalue weighted by atomic mass is 32.1. The fraction of sp³-hybridized carbons (Fsp3) is 0.684. The van der Waals surface area contributed by atoms with Gasteiger partial charge in [0, 0.05) is 31.6 Å².